The average molecular weight is 335 g/mol. The van der Waals surface area contributed by atoms with Gasteiger partial charge in [0.25, 0.3) is 5.91 Å². The number of piperidine rings is 1. The summed E-state index contributed by atoms with van der Waals surface area (Å²) in [5.74, 6) is 0.737. The lowest BCUT2D eigenvalue weighted by molar-refractivity contribution is 0.0684. The summed E-state index contributed by atoms with van der Waals surface area (Å²) in [6, 6.07) is 15.1. The SMILES string of the molecule is O=C(c1ccc(NC2CC2)cn1)N1CCC(Cc2ccccc2)CC1. The molecule has 1 saturated heterocycles. The minimum absolute atomic E-state index is 0.0659. The molecular weight excluding hydrogens is 310 g/mol. The molecule has 0 spiro atoms. The van der Waals surface area contributed by atoms with Crippen LogP contribution >= 0.6 is 0 Å². The van der Waals surface area contributed by atoms with Gasteiger partial charge in [0.05, 0.1) is 11.9 Å². The van der Waals surface area contributed by atoms with E-state index in [1.54, 1.807) is 6.20 Å². The third kappa shape index (κ3) is 4.19. The normalized spacial score (nSPS) is 18.2. The van der Waals surface area contributed by atoms with Crippen molar-refractivity contribution in [2.45, 2.75) is 38.1 Å². The fourth-order valence-corrected chi connectivity index (χ4v) is 3.52. The largest absolute Gasteiger partial charge is 0.381 e. The Balaban J connectivity index is 1.30. The van der Waals surface area contributed by atoms with E-state index in [1.165, 1.54) is 18.4 Å². The number of benzene rings is 1. The first kappa shape index (κ1) is 16.1. The van der Waals surface area contributed by atoms with Crippen molar-refractivity contribution in [2.75, 3.05) is 18.4 Å². The second-order valence-electron chi connectivity index (χ2n) is 7.28. The zero-order valence-electron chi connectivity index (χ0n) is 14.5. The van der Waals surface area contributed by atoms with E-state index in [9.17, 15) is 4.79 Å². The first-order valence-electron chi connectivity index (χ1n) is 9.34. The van der Waals surface area contributed by atoms with Gasteiger partial charge in [-0.2, -0.15) is 0 Å². The van der Waals surface area contributed by atoms with Crippen LogP contribution in [0, 0.1) is 5.92 Å². The number of aromatic nitrogens is 1. The molecule has 1 saturated carbocycles. The Morgan fingerprint density at radius 1 is 1.04 bits per heavy atom. The smallest absolute Gasteiger partial charge is 0.272 e. The highest BCUT2D eigenvalue weighted by Gasteiger charge is 2.25. The average Bonchev–Trinajstić information content (AvgIpc) is 3.47. The molecule has 0 bridgehead atoms. The molecule has 1 N–H and O–H groups in total. The lowest BCUT2D eigenvalue weighted by Crippen LogP contribution is -2.39. The van der Waals surface area contributed by atoms with Crippen LogP contribution in [0.5, 0.6) is 0 Å². The highest BCUT2D eigenvalue weighted by molar-refractivity contribution is 5.92. The molecule has 2 heterocycles. The molecule has 1 aromatic heterocycles. The molecule has 1 aliphatic carbocycles. The summed E-state index contributed by atoms with van der Waals surface area (Å²) in [5, 5.41) is 3.40. The lowest BCUT2D eigenvalue weighted by Gasteiger charge is -2.32. The number of amides is 1. The Labute approximate surface area is 149 Å². The Kier molecular flexibility index (Phi) is 4.68. The van der Waals surface area contributed by atoms with Crippen LogP contribution in [0.15, 0.2) is 48.7 Å². The molecule has 0 radical (unpaired) electrons. The number of anilines is 1. The van der Waals surface area contributed by atoms with Crippen LogP contribution < -0.4 is 5.32 Å². The van der Waals surface area contributed by atoms with E-state index >= 15 is 0 Å². The van der Waals surface area contributed by atoms with Crippen molar-refractivity contribution in [3.8, 4) is 0 Å². The molecule has 0 atom stereocenters. The number of carbonyl (C=O) groups is 1. The summed E-state index contributed by atoms with van der Waals surface area (Å²) in [6.45, 7) is 1.67. The van der Waals surface area contributed by atoms with Crippen molar-refractivity contribution in [2.24, 2.45) is 5.92 Å². The predicted octanol–water partition coefficient (Wildman–Crippen LogP) is 3.75. The van der Waals surface area contributed by atoms with Gasteiger partial charge in [0.2, 0.25) is 0 Å². The Bertz CT molecular complexity index is 702. The molecule has 0 unspecified atom stereocenters. The number of nitrogens with zero attached hydrogens (tertiary/aromatic N) is 2. The minimum atomic E-state index is 0.0659. The highest BCUT2D eigenvalue weighted by atomic mass is 16.2. The van der Waals surface area contributed by atoms with Crippen LogP contribution in [0.1, 0.15) is 41.7 Å². The molecule has 4 heteroatoms. The maximum atomic E-state index is 12.7. The molecule has 1 amide bonds. The molecule has 25 heavy (non-hydrogen) atoms. The molecule has 1 aliphatic heterocycles. The summed E-state index contributed by atoms with van der Waals surface area (Å²) in [5.41, 5.74) is 2.97. The van der Waals surface area contributed by atoms with Gasteiger partial charge in [0.1, 0.15) is 5.69 Å². The summed E-state index contributed by atoms with van der Waals surface area (Å²) in [7, 11) is 0. The molecule has 4 nitrogen and oxygen atoms in total. The highest BCUT2D eigenvalue weighted by Crippen LogP contribution is 2.25. The van der Waals surface area contributed by atoms with Gasteiger partial charge in [-0.1, -0.05) is 30.3 Å². The van der Waals surface area contributed by atoms with Crippen molar-refractivity contribution in [3.05, 3.63) is 59.9 Å². The van der Waals surface area contributed by atoms with Crippen molar-refractivity contribution < 1.29 is 4.79 Å². The molecule has 130 valence electrons. The van der Waals surface area contributed by atoms with Gasteiger partial charge >= 0.3 is 0 Å². The second-order valence-corrected chi connectivity index (χ2v) is 7.28. The van der Waals surface area contributed by atoms with Crippen LogP contribution in [0.4, 0.5) is 5.69 Å². The topological polar surface area (TPSA) is 45.2 Å². The number of rotatable bonds is 5. The first-order valence-corrected chi connectivity index (χ1v) is 9.34. The maximum Gasteiger partial charge on any atom is 0.272 e. The van der Waals surface area contributed by atoms with Crippen molar-refractivity contribution >= 4 is 11.6 Å². The number of carbonyl (C=O) groups excluding carboxylic acids is 1. The molecule has 2 aromatic rings. The number of pyridine rings is 1. The Morgan fingerprint density at radius 3 is 2.44 bits per heavy atom. The zero-order valence-corrected chi connectivity index (χ0v) is 14.5. The molecule has 2 aliphatic rings. The van der Waals surface area contributed by atoms with E-state index in [-0.39, 0.29) is 5.91 Å². The quantitative estimate of drug-likeness (QED) is 0.905. The molecule has 4 rings (SSSR count). The van der Waals surface area contributed by atoms with Gasteiger partial charge in [0.15, 0.2) is 0 Å². The van der Waals surface area contributed by atoms with Gasteiger partial charge < -0.3 is 10.2 Å². The van der Waals surface area contributed by atoms with Crippen molar-refractivity contribution in [1.29, 1.82) is 0 Å². The maximum absolute atomic E-state index is 12.7. The van der Waals surface area contributed by atoms with Crippen LogP contribution in [-0.4, -0.2) is 34.9 Å². The number of nitrogens with one attached hydrogen (secondary N) is 1. The summed E-state index contributed by atoms with van der Waals surface area (Å²) < 4.78 is 0. The van der Waals surface area contributed by atoms with E-state index in [0.717, 1.165) is 38.0 Å². The fraction of sp³-hybridized carbons (Fsp3) is 0.429. The number of likely N-dealkylation sites (tertiary alicyclic amines) is 1. The predicted molar refractivity (Wildman–Crippen MR) is 99.7 cm³/mol. The molecule has 1 aromatic carbocycles. The van der Waals surface area contributed by atoms with Crippen molar-refractivity contribution in [1.82, 2.24) is 9.88 Å². The van der Waals surface area contributed by atoms with Crippen molar-refractivity contribution in [3.63, 3.8) is 0 Å². The van der Waals surface area contributed by atoms with Gasteiger partial charge in [-0.15, -0.1) is 0 Å². The van der Waals surface area contributed by atoms with Crippen LogP contribution in [0.25, 0.3) is 0 Å². The monoisotopic (exact) mass is 335 g/mol. The first-order chi connectivity index (χ1) is 12.3. The van der Waals surface area contributed by atoms with Crippen LogP contribution in [0.2, 0.25) is 0 Å². The van der Waals surface area contributed by atoms with Gasteiger partial charge in [-0.05, 0) is 55.7 Å². The van der Waals surface area contributed by atoms with E-state index in [1.807, 2.05) is 17.0 Å². The van der Waals surface area contributed by atoms with E-state index in [4.69, 9.17) is 0 Å². The molecule has 2 fully saturated rings. The standard InChI is InChI=1S/C21H25N3O/c25-21(20-9-8-19(15-22-20)23-18-6-7-18)24-12-10-17(11-13-24)14-16-4-2-1-3-5-16/h1-5,8-9,15,17-18,23H,6-7,10-14H2. The minimum Gasteiger partial charge on any atom is -0.381 e. The van der Waals surface area contributed by atoms with Crippen LogP contribution in [0.3, 0.4) is 0 Å². The molecular formula is C21H25N3O. The summed E-state index contributed by atoms with van der Waals surface area (Å²) >= 11 is 0. The Hall–Kier alpha value is -2.36. The lowest BCUT2D eigenvalue weighted by atomic mass is 9.90. The third-order valence-electron chi connectivity index (χ3n) is 5.20. The van der Waals surface area contributed by atoms with E-state index in [2.05, 4.69) is 40.6 Å². The van der Waals surface area contributed by atoms with Gasteiger partial charge in [-0.25, -0.2) is 4.98 Å². The third-order valence-corrected chi connectivity index (χ3v) is 5.20. The summed E-state index contributed by atoms with van der Waals surface area (Å²) in [4.78, 5) is 19.0. The van der Waals surface area contributed by atoms with E-state index in [0.29, 0.717) is 17.7 Å². The van der Waals surface area contributed by atoms with Crippen LogP contribution in [-0.2, 0) is 6.42 Å². The number of hydrogen-bond donors (Lipinski definition) is 1. The fourth-order valence-electron chi connectivity index (χ4n) is 3.52. The Morgan fingerprint density at radius 2 is 1.80 bits per heavy atom. The second kappa shape index (κ2) is 7.26. The van der Waals surface area contributed by atoms with E-state index < -0.39 is 0 Å². The number of hydrogen-bond acceptors (Lipinski definition) is 3. The van der Waals surface area contributed by atoms with Gasteiger partial charge in [-0.3, -0.25) is 4.79 Å². The summed E-state index contributed by atoms with van der Waals surface area (Å²) in [6.07, 6.45) is 7.51. The zero-order chi connectivity index (χ0) is 17.1. The van der Waals surface area contributed by atoms with Gasteiger partial charge in [0, 0.05) is 19.1 Å².